The van der Waals surface area contributed by atoms with Crippen LogP contribution in [-0.2, 0) is 21.8 Å². The lowest BCUT2D eigenvalue weighted by Gasteiger charge is -2.48. The largest absolute Gasteiger partial charge is 0.221 e. The summed E-state index contributed by atoms with van der Waals surface area (Å²) >= 11 is 3.85. The van der Waals surface area contributed by atoms with Gasteiger partial charge in [-0.1, -0.05) is 104 Å². The van der Waals surface area contributed by atoms with Crippen molar-refractivity contribution in [2.45, 2.75) is 136 Å². The van der Waals surface area contributed by atoms with E-state index in [0.717, 1.165) is 23.7 Å². The first kappa shape index (κ1) is 28.8. The van der Waals surface area contributed by atoms with Crippen molar-refractivity contribution in [2.24, 2.45) is 5.41 Å². The van der Waals surface area contributed by atoms with Gasteiger partial charge < -0.3 is 0 Å². The molecule has 0 saturated heterocycles. The minimum atomic E-state index is 0.0363. The van der Waals surface area contributed by atoms with Crippen molar-refractivity contribution >= 4 is 26.7 Å². The number of halogens is 1. The zero-order valence-electron chi connectivity index (χ0n) is 26.3. The third-order valence-electron chi connectivity index (χ3n) is 12.8. The average Bonchev–Trinajstić information content (AvgIpc) is 3.02. The molecule has 5 rings (SSSR count). The van der Waals surface area contributed by atoms with E-state index < -0.39 is 0 Å². The topological polar surface area (TPSA) is 3.88 Å². The summed E-state index contributed by atoms with van der Waals surface area (Å²) in [7, 11) is 0. The number of aromatic nitrogens is 1. The number of nitrogens with zero attached hydrogens (tertiary/aromatic N) is 1. The Balaban J connectivity index is 1.88. The van der Waals surface area contributed by atoms with Gasteiger partial charge in [-0.2, -0.15) is 4.57 Å². The number of unbranched alkanes of at least 4 members (excludes halogenated alkanes) is 2. The summed E-state index contributed by atoms with van der Waals surface area (Å²) in [5.41, 5.74) is 7.99. The fraction of sp³-hybridized carbons (Fsp3) is 0.595. The van der Waals surface area contributed by atoms with E-state index in [1.54, 1.807) is 11.1 Å². The van der Waals surface area contributed by atoms with E-state index in [2.05, 4.69) is 132 Å². The van der Waals surface area contributed by atoms with Crippen LogP contribution in [0.2, 0.25) is 0 Å². The SMILES string of the molecule is CCCCCC1(C)c2cc3cc[n+]4c(c3cc2C(C)(C)C1(C)C)-c1cc(Br)ccc1C(C)(CC)C4(CC)CC. The number of hydrogen-bond donors (Lipinski definition) is 0. The molecule has 2 heteroatoms. The first-order valence-electron chi connectivity index (χ1n) is 15.7. The highest BCUT2D eigenvalue weighted by molar-refractivity contribution is 9.10. The van der Waals surface area contributed by atoms with Gasteiger partial charge in [0.1, 0.15) is 0 Å². The number of hydrogen-bond acceptors (Lipinski definition) is 0. The highest BCUT2D eigenvalue weighted by Crippen LogP contribution is 2.64. The highest BCUT2D eigenvalue weighted by Gasteiger charge is 2.60. The Kier molecular flexibility index (Phi) is 6.98. The van der Waals surface area contributed by atoms with Crippen LogP contribution in [0.1, 0.15) is 131 Å². The van der Waals surface area contributed by atoms with Crippen LogP contribution in [0.25, 0.3) is 22.0 Å². The monoisotopic (exact) mass is 588 g/mol. The molecule has 1 aliphatic carbocycles. The second kappa shape index (κ2) is 9.43. The van der Waals surface area contributed by atoms with Crippen LogP contribution in [-0.4, -0.2) is 0 Å². The smallest absolute Gasteiger partial charge is 0.192 e. The normalized spacial score (nSPS) is 25.8. The Morgan fingerprint density at radius 3 is 2.03 bits per heavy atom. The molecule has 1 aliphatic heterocycles. The van der Waals surface area contributed by atoms with Gasteiger partial charge in [-0.3, -0.25) is 0 Å². The van der Waals surface area contributed by atoms with Crippen molar-refractivity contribution in [3.8, 4) is 11.3 Å². The Morgan fingerprint density at radius 2 is 1.41 bits per heavy atom. The summed E-state index contributed by atoms with van der Waals surface area (Å²) in [6.45, 7) is 24.7. The van der Waals surface area contributed by atoms with Gasteiger partial charge in [-0.25, -0.2) is 0 Å². The molecule has 0 N–H and O–H groups in total. The molecule has 2 aromatic carbocycles. The molecule has 0 radical (unpaired) electrons. The maximum atomic E-state index is 3.85. The first-order valence-corrected chi connectivity index (χ1v) is 16.4. The highest BCUT2D eigenvalue weighted by atomic mass is 79.9. The van der Waals surface area contributed by atoms with Gasteiger partial charge >= 0.3 is 0 Å². The van der Waals surface area contributed by atoms with Gasteiger partial charge in [0.05, 0.1) is 16.4 Å². The van der Waals surface area contributed by atoms with E-state index in [9.17, 15) is 0 Å². The minimum Gasteiger partial charge on any atom is -0.192 e. The molecular formula is C37H51BrN+. The van der Waals surface area contributed by atoms with E-state index in [0.29, 0.717) is 0 Å². The number of pyridine rings is 1. The predicted molar refractivity (Wildman–Crippen MR) is 172 cm³/mol. The lowest BCUT2D eigenvalue weighted by atomic mass is 9.57. The van der Waals surface area contributed by atoms with Crippen LogP contribution >= 0.6 is 15.9 Å². The third-order valence-corrected chi connectivity index (χ3v) is 13.3. The van der Waals surface area contributed by atoms with Crippen molar-refractivity contribution in [1.82, 2.24) is 0 Å². The zero-order valence-corrected chi connectivity index (χ0v) is 27.9. The molecule has 2 aliphatic rings. The molecule has 0 spiro atoms. The molecule has 3 aromatic rings. The maximum Gasteiger partial charge on any atom is 0.221 e. The van der Waals surface area contributed by atoms with Crippen LogP contribution in [0.4, 0.5) is 0 Å². The molecule has 0 bridgehead atoms. The van der Waals surface area contributed by atoms with Crippen LogP contribution in [0.3, 0.4) is 0 Å². The van der Waals surface area contributed by atoms with Gasteiger partial charge in [0.15, 0.2) is 11.7 Å². The van der Waals surface area contributed by atoms with Gasteiger partial charge in [0.2, 0.25) is 5.69 Å². The summed E-state index contributed by atoms with van der Waals surface area (Å²) < 4.78 is 3.86. The fourth-order valence-corrected chi connectivity index (χ4v) is 9.42. The average molecular weight is 590 g/mol. The third kappa shape index (κ3) is 3.52. The quantitative estimate of drug-likeness (QED) is 0.191. The summed E-state index contributed by atoms with van der Waals surface area (Å²) in [5, 5.41) is 2.81. The van der Waals surface area contributed by atoms with Crippen molar-refractivity contribution in [3.05, 3.63) is 63.8 Å². The van der Waals surface area contributed by atoms with Gasteiger partial charge in [0.25, 0.3) is 0 Å². The first-order chi connectivity index (χ1) is 18.3. The summed E-state index contributed by atoms with van der Waals surface area (Å²) in [4.78, 5) is 0. The Bertz CT molecular complexity index is 1430. The predicted octanol–water partition coefficient (Wildman–Crippen LogP) is 10.9. The van der Waals surface area contributed by atoms with E-state index >= 15 is 0 Å². The molecule has 39 heavy (non-hydrogen) atoms. The molecule has 2 unspecified atom stereocenters. The van der Waals surface area contributed by atoms with E-state index in [4.69, 9.17) is 0 Å². The number of rotatable bonds is 7. The minimum absolute atomic E-state index is 0.0363. The lowest BCUT2D eigenvalue weighted by Crippen LogP contribution is -2.68. The maximum absolute atomic E-state index is 3.85. The van der Waals surface area contributed by atoms with Crippen molar-refractivity contribution < 1.29 is 4.57 Å². The van der Waals surface area contributed by atoms with Crippen LogP contribution in [0.15, 0.2) is 47.1 Å². The van der Waals surface area contributed by atoms with Crippen LogP contribution < -0.4 is 4.57 Å². The van der Waals surface area contributed by atoms with E-state index in [1.165, 1.54) is 53.3 Å². The molecule has 210 valence electrons. The molecule has 1 aromatic heterocycles. The number of benzene rings is 2. The summed E-state index contributed by atoms with van der Waals surface area (Å²) in [5.74, 6) is 0. The zero-order chi connectivity index (χ0) is 28.6. The Morgan fingerprint density at radius 1 is 0.718 bits per heavy atom. The summed E-state index contributed by atoms with van der Waals surface area (Å²) in [6, 6.07) is 14.7. The second-order valence-corrected chi connectivity index (χ2v) is 15.1. The van der Waals surface area contributed by atoms with Crippen molar-refractivity contribution in [2.75, 3.05) is 0 Å². The second-order valence-electron chi connectivity index (χ2n) is 14.2. The van der Waals surface area contributed by atoms with Gasteiger partial charge in [-0.15, -0.1) is 0 Å². The number of fused-ring (bicyclic) bond motifs is 6. The van der Waals surface area contributed by atoms with Gasteiger partial charge in [0, 0.05) is 23.4 Å². The van der Waals surface area contributed by atoms with Crippen LogP contribution in [0, 0.1) is 5.41 Å². The molecule has 0 fully saturated rings. The molecule has 1 nitrogen and oxygen atoms in total. The molecule has 2 atom stereocenters. The standard InChI is InChI=1S/C37H51BrN/c1-11-15-16-20-36(10)31-22-25-19-21-39-32(27(25)24-30(31)33(5,6)34(36,7)8)28-23-26(38)17-18-29(28)35(9,12-2)37(39,13-3)14-4/h17-19,21-24H,11-16,20H2,1-10H3/q+1. The fourth-order valence-electron chi connectivity index (χ4n) is 9.06. The lowest BCUT2D eigenvalue weighted by molar-refractivity contribution is -0.768. The molecule has 0 amide bonds. The van der Waals surface area contributed by atoms with E-state index in [1.807, 2.05) is 0 Å². The van der Waals surface area contributed by atoms with Crippen LogP contribution in [0.5, 0.6) is 0 Å². The van der Waals surface area contributed by atoms with Crippen molar-refractivity contribution in [1.29, 1.82) is 0 Å². The van der Waals surface area contributed by atoms with Crippen molar-refractivity contribution in [3.63, 3.8) is 0 Å². The van der Waals surface area contributed by atoms with Gasteiger partial charge in [-0.05, 0) is 82.4 Å². The molecule has 2 heterocycles. The summed E-state index contributed by atoms with van der Waals surface area (Å²) in [6.07, 6.45) is 10.9. The van der Waals surface area contributed by atoms with E-state index in [-0.39, 0.29) is 27.2 Å². The Hall–Kier alpha value is -1.67. The molecular weight excluding hydrogens is 538 g/mol. The molecule has 0 saturated carbocycles. The Labute approximate surface area is 246 Å².